The SMILES string of the molecule is CCN(C(=O)COC(=O)CCC(=O)c1ccc2c(c1)CCCC2)c1ccccc1. The predicted molar refractivity (Wildman–Crippen MR) is 112 cm³/mol. The lowest BCUT2D eigenvalue weighted by Crippen LogP contribution is -2.34. The molecule has 0 saturated carbocycles. The smallest absolute Gasteiger partial charge is 0.306 e. The van der Waals surface area contributed by atoms with Crippen molar-refractivity contribution in [3.05, 3.63) is 65.2 Å². The minimum atomic E-state index is -0.534. The topological polar surface area (TPSA) is 63.7 Å². The van der Waals surface area contributed by atoms with Gasteiger partial charge in [0, 0.05) is 24.2 Å². The number of hydrogen-bond acceptors (Lipinski definition) is 4. The molecule has 5 nitrogen and oxygen atoms in total. The first-order valence-corrected chi connectivity index (χ1v) is 10.2. The van der Waals surface area contributed by atoms with E-state index in [1.165, 1.54) is 17.5 Å². The highest BCUT2D eigenvalue weighted by Crippen LogP contribution is 2.23. The number of rotatable bonds is 8. The number of para-hydroxylation sites is 1. The summed E-state index contributed by atoms with van der Waals surface area (Å²) >= 11 is 0. The van der Waals surface area contributed by atoms with Crippen molar-refractivity contribution in [3.63, 3.8) is 0 Å². The number of benzene rings is 2. The zero-order valence-electron chi connectivity index (χ0n) is 16.9. The van der Waals surface area contributed by atoms with E-state index in [4.69, 9.17) is 4.74 Å². The molecule has 0 saturated heterocycles. The summed E-state index contributed by atoms with van der Waals surface area (Å²) in [7, 11) is 0. The van der Waals surface area contributed by atoms with Crippen LogP contribution < -0.4 is 4.90 Å². The van der Waals surface area contributed by atoms with Gasteiger partial charge < -0.3 is 9.64 Å². The van der Waals surface area contributed by atoms with Gasteiger partial charge in [-0.05, 0) is 61.9 Å². The number of carbonyl (C=O) groups excluding carboxylic acids is 3. The summed E-state index contributed by atoms with van der Waals surface area (Å²) in [5.74, 6) is -0.886. The Hall–Kier alpha value is -2.95. The highest BCUT2D eigenvalue weighted by Gasteiger charge is 2.17. The molecule has 0 spiro atoms. The molecule has 1 aliphatic rings. The summed E-state index contributed by atoms with van der Waals surface area (Å²) in [4.78, 5) is 38.4. The van der Waals surface area contributed by atoms with E-state index in [0.29, 0.717) is 12.1 Å². The molecule has 0 atom stereocenters. The van der Waals surface area contributed by atoms with Gasteiger partial charge in [-0.2, -0.15) is 0 Å². The van der Waals surface area contributed by atoms with E-state index in [1.807, 2.05) is 55.5 Å². The van der Waals surface area contributed by atoms with Crippen LogP contribution in [0.1, 0.15) is 54.1 Å². The van der Waals surface area contributed by atoms with Crippen LogP contribution in [0.4, 0.5) is 5.69 Å². The molecule has 0 N–H and O–H groups in total. The maximum absolute atomic E-state index is 12.4. The molecule has 5 heteroatoms. The van der Waals surface area contributed by atoms with Crippen molar-refractivity contribution < 1.29 is 19.1 Å². The molecule has 0 aliphatic heterocycles. The standard InChI is InChI=1S/C24H27NO4/c1-2-25(21-10-4-3-5-11-21)23(27)17-29-24(28)15-14-22(26)20-13-12-18-8-6-7-9-19(18)16-20/h3-5,10-13,16H,2,6-9,14-15,17H2,1H3. The van der Waals surface area contributed by atoms with E-state index in [9.17, 15) is 14.4 Å². The second-order valence-corrected chi connectivity index (χ2v) is 7.25. The van der Waals surface area contributed by atoms with E-state index in [1.54, 1.807) is 4.90 Å². The number of aryl methyl sites for hydroxylation is 2. The molecule has 0 bridgehead atoms. The van der Waals surface area contributed by atoms with Gasteiger partial charge in [-0.15, -0.1) is 0 Å². The highest BCUT2D eigenvalue weighted by molar-refractivity contribution is 5.98. The summed E-state index contributed by atoms with van der Waals surface area (Å²) in [6.45, 7) is 2.02. The number of Topliss-reactive ketones (excluding diaryl/α,β-unsaturated/α-hetero) is 1. The fraction of sp³-hybridized carbons (Fsp3) is 0.375. The molecule has 0 heterocycles. The summed E-state index contributed by atoms with van der Waals surface area (Å²) in [6.07, 6.45) is 4.49. The normalized spacial score (nSPS) is 12.7. The van der Waals surface area contributed by atoms with Crippen LogP contribution in [-0.2, 0) is 27.2 Å². The molecule has 0 aromatic heterocycles. The van der Waals surface area contributed by atoms with Crippen molar-refractivity contribution in [1.29, 1.82) is 0 Å². The third-order valence-corrected chi connectivity index (χ3v) is 5.27. The van der Waals surface area contributed by atoms with E-state index in [0.717, 1.165) is 24.9 Å². The molecule has 152 valence electrons. The molecule has 29 heavy (non-hydrogen) atoms. The van der Waals surface area contributed by atoms with Gasteiger partial charge in [-0.3, -0.25) is 14.4 Å². The number of anilines is 1. The summed E-state index contributed by atoms with van der Waals surface area (Å²) < 4.78 is 5.10. The van der Waals surface area contributed by atoms with Gasteiger partial charge in [0.05, 0.1) is 6.42 Å². The summed E-state index contributed by atoms with van der Waals surface area (Å²) in [5, 5.41) is 0. The van der Waals surface area contributed by atoms with Crippen molar-refractivity contribution in [1.82, 2.24) is 0 Å². The fourth-order valence-electron chi connectivity index (χ4n) is 3.67. The molecule has 2 aromatic rings. The second kappa shape index (κ2) is 10.0. The molecular weight excluding hydrogens is 366 g/mol. The average molecular weight is 393 g/mol. The zero-order chi connectivity index (χ0) is 20.6. The van der Waals surface area contributed by atoms with Gasteiger partial charge in [0.25, 0.3) is 5.91 Å². The number of fused-ring (bicyclic) bond motifs is 1. The molecular formula is C24H27NO4. The van der Waals surface area contributed by atoms with Crippen LogP contribution in [0.5, 0.6) is 0 Å². The Balaban J connectivity index is 1.47. The van der Waals surface area contributed by atoms with Crippen LogP contribution in [0.2, 0.25) is 0 Å². The van der Waals surface area contributed by atoms with E-state index in [2.05, 4.69) is 0 Å². The molecule has 3 rings (SSSR count). The van der Waals surface area contributed by atoms with Crippen molar-refractivity contribution in [3.8, 4) is 0 Å². The lowest BCUT2D eigenvalue weighted by molar-refractivity contribution is -0.147. The highest BCUT2D eigenvalue weighted by atomic mass is 16.5. The number of esters is 1. The Bertz CT molecular complexity index is 876. The summed E-state index contributed by atoms with van der Waals surface area (Å²) in [6, 6.07) is 15.1. The Morgan fingerprint density at radius 2 is 1.66 bits per heavy atom. The number of hydrogen-bond donors (Lipinski definition) is 0. The second-order valence-electron chi connectivity index (χ2n) is 7.25. The van der Waals surface area contributed by atoms with Crippen LogP contribution in [0, 0.1) is 0 Å². The number of ketones is 1. The van der Waals surface area contributed by atoms with Crippen molar-refractivity contribution in [2.24, 2.45) is 0 Å². The van der Waals surface area contributed by atoms with E-state index < -0.39 is 5.97 Å². The Morgan fingerprint density at radius 3 is 2.38 bits per heavy atom. The van der Waals surface area contributed by atoms with Gasteiger partial charge in [0.2, 0.25) is 0 Å². The van der Waals surface area contributed by atoms with Crippen LogP contribution in [-0.4, -0.2) is 30.8 Å². The van der Waals surface area contributed by atoms with Gasteiger partial charge in [-0.1, -0.05) is 30.3 Å². The van der Waals surface area contributed by atoms with Gasteiger partial charge in [0.1, 0.15) is 0 Å². The van der Waals surface area contributed by atoms with Crippen LogP contribution in [0.25, 0.3) is 0 Å². The van der Waals surface area contributed by atoms with E-state index >= 15 is 0 Å². The minimum absolute atomic E-state index is 0.0271. The molecule has 0 fully saturated rings. The monoisotopic (exact) mass is 393 g/mol. The first-order valence-electron chi connectivity index (χ1n) is 10.2. The molecule has 1 amide bonds. The predicted octanol–water partition coefficient (Wildman–Crippen LogP) is 4.12. The molecule has 0 unspecified atom stereocenters. The third-order valence-electron chi connectivity index (χ3n) is 5.27. The van der Waals surface area contributed by atoms with Crippen LogP contribution in [0.3, 0.4) is 0 Å². The van der Waals surface area contributed by atoms with Crippen LogP contribution >= 0.6 is 0 Å². The van der Waals surface area contributed by atoms with Crippen LogP contribution in [0.15, 0.2) is 48.5 Å². The maximum Gasteiger partial charge on any atom is 0.306 e. The van der Waals surface area contributed by atoms with Gasteiger partial charge >= 0.3 is 5.97 Å². The first kappa shape index (κ1) is 20.8. The minimum Gasteiger partial charge on any atom is -0.456 e. The Morgan fingerprint density at radius 1 is 0.931 bits per heavy atom. The Kier molecular flexibility index (Phi) is 7.17. The lowest BCUT2D eigenvalue weighted by atomic mass is 9.89. The lowest BCUT2D eigenvalue weighted by Gasteiger charge is -2.20. The maximum atomic E-state index is 12.4. The quantitative estimate of drug-likeness (QED) is 0.500. The molecule has 1 aliphatic carbocycles. The van der Waals surface area contributed by atoms with Crippen molar-refractivity contribution in [2.45, 2.75) is 45.4 Å². The largest absolute Gasteiger partial charge is 0.456 e. The van der Waals surface area contributed by atoms with Gasteiger partial charge in [0.15, 0.2) is 12.4 Å². The number of carbonyl (C=O) groups is 3. The zero-order valence-corrected chi connectivity index (χ0v) is 16.9. The number of likely N-dealkylation sites (N-methyl/N-ethyl adjacent to an activating group) is 1. The van der Waals surface area contributed by atoms with Crippen molar-refractivity contribution >= 4 is 23.3 Å². The van der Waals surface area contributed by atoms with E-state index in [-0.39, 0.29) is 31.1 Å². The molecule has 2 aromatic carbocycles. The Labute approximate surface area is 171 Å². The number of nitrogens with zero attached hydrogens (tertiary/aromatic N) is 1. The average Bonchev–Trinajstić information content (AvgIpc) is 2.77. The third kappa shape index (κ3) is 5.53. The number of amides is 1. The van der Waals surface area contributed by atoms with Crippen molar-refractivity contribution in [2.75, 3.05) is 18.1 Å². The molecule has 0 radical (unpaired) electrons. The summed E-state index contributed by atoms with van der Waals surface area (Å²) in [5.41, 5.74) is 3.98. The van der Waals surface area contributed by atoms with Gasteiger partial charge in [-0.25, -0.2) is 0 Å². The first-order chi connectivity index (χ1) is 14.1. The number of ether oxygens (including phenoxy) is 1. The fourth-order valence-corrected chi connectivity index (χ4v) is 3.67.